The second kappa shape index (κ2) is 12.9. The molecule has 1 aliphatic heterocycles. The molecule has 3 aliphatic carbocycles. The summed E-state index contributed by atoms with van der Waals surface area (Å²) in [6.45, 7) is 3.64. The van der Waals surface area contributed by atoms with Crippen molar-refractivity contribution in [1.29, 1.82) is 0 Å². The average molecular weight is 676 g/mol. The first-order valence-electron chi connectivity index (χ1n) is 17.4. The molecule has 6 atom stereocenters. The topological polar surface area (TPSA) is 101 Å². The van der Waals surface area contributed by atoms with E-state index in [1.165, 1.54) is 11.0 Å². The molecule has 4 aromatic rings. The first kappa shape index (κ1) is 32.5. The van der Waals surface area contributed by atoms with Crippen molar-refractivity contribution >= 4 is 40.7 Å². The number of imide groups is 1. The summed E-state index contributed by atoms with van der Waals surface area (Å²) in [6.07, 6.45) is 5.80. The second-order valence-corrected chi connectivity index (χ2v) is 13.7. The van der Waals surface area contributed by atoms with Crippen molar-refractivity contribution in [3.05, 3.63) is 156 Å². The van der Waals surface area contributed by atoms with Crippen molar-refractivity contribution in [2.24, 2.45) is 23.7 Å². The molecule has 6 unspecified atom stereocenters. The summed E-state index contributed by atoms with van der Waals surface area (Å²) in [4.78, 5) is 60.3. The Balaban J connectivity index is 1.35. The molecule has 2 fully saturated rings. The van der Waals surface area contributed by atoms with Gasteiger partial charge < -0.3 is 9.84 Å². The summed E-state index contributed by atoms with van der Waals surface area (Å²) in [5.74, 6) is -3.80. The fourth-order valence-corrected chi connectivity index (χ4v) is 9.24. The van der Waals surface area contributed by atoms with Crippen molar-refractivity contribution in [1.82, 2.24) is 0 Å². The van der Waals surface area contributed by atoms with E-state index in [-0.39, 0.29) is 43.0 Å². The van der Waals surface area contributed by atoms with Crippen LogP contribution in [0.4, 0.5) is 5.69 Å². The quantitative estimate of drug-likeness (QED) is 0.164. The largest absolute Gasteiger partial charge is 0.491 e. The number of rotatable bonds is 8. The van der Waals surface area contributed by atoms with Crippen molar-refractivity contribution in [2.75, 3.05) is 18.1 Å². The predicted octanol–water partition coefficient (Wildman–Crippen LogP) is 6.73. The van der Waals surface area contributed by atoms with E-state index in [0.29, 0.717) is 40.1 Å². The van der Waals surface area contributed by atoms with Crippen LogP contribution in [-0.2, 0) is 24.6 Å². The summed E-state index contributed by atoms with van der Waals surface area (Å²) in [7, 11) is 0. The number of hydrogen-bond donors (Lipinski definition) is 1. The second-order valence-electron chi connectivity index (χ2n) is 13.7. The Morgan fingerprint density at radius 2 is 1.51 bits per heavy atom. The molecule has 51 heavy (non-hydrogen) atoms. The molecule has 0 bridgehead atoms. The van der Waals surface area contributed by atoms with Crippen molar-refractivity contribution in [2.45, 2.75) is 24.2 Å². The SMILES string of the molecule is C=Cc1ccc(N2C(=O)C3CC=C4C(CC5C(=O)C(c6ccccc6)=CC(=O)C5(c5ccccc5)C4c4ccccc4OCCO)C3C2=O)cc1. The van der Waals surface area contributed by atoms with Crippen molar-refractivity contribution in [3.63, 3.8) is 0 Å². The number of nitrogens with zero attached hydrogens (tertiary/aromatic N) is 1. The number of aliphatic hydroxyl groups is 1. The number of ketones is 2. The van der Waals surface area contributed by atoms with E-state index < -0.39 is 35.0 Å². The van der Waals surface area contributed by atoms with Crippen LogP contribution in [0.2, 0.25) is 0 Å². The molecule has 4 aliphatic rings. The number of hydrogen-bond acceptors (Lipinski definition) is 6. The number of carbonyl (C=O) groups is 4. The zero-order valence-electron chi connectivity index (χ0n) is 28.0. The Morgan fingerprint density at radius 3 is 2.22 bits per heavy atom. The molecule has 1 saturated carbocycles. The number of benzene rings is 4. The summed E-state index contributed by atoms with van der Waals surface area (Å²) in [5, 5.41) is 9.73. The van der Waals surface area contributed by atoms with Gasteiger partial charge in [0, 0.05) is 23.0 Å². The molecule has 0 radical (unpaired) electrons. The first-order chi connectivity index (χ1) is 24.9. The van der Waals surface area contributed by atoms with Crippen LogP contribution in [0.3, 0.4) is 0 Å². The molecular weight excluding hydrogens is 638 g/mol. The monoisotopic (exact) mass is 675 g/mol. The number of ether oxygens (including phenoxy) is 1. The summed E-state index contributed by atoms with van der Waals surface area (Å²) >= 11 is 0. The molecular formula is C44H37NO6. The Morgan fingerprint density at radius 1 is 0.824 bits per heavy atom. The molecule has 7 heteroatoms. The van der Waals surface area contributed by atoms with Crippen LogP contribution in [0, 0.1) is 23.7 Å². The van der Waals surface area contributed by atoms with E-state index in [2.05, 4.69) is 6.58 Å². The van der Waals surface area contributed by atoms with Gasteiger partial charge in [-0.15, -0.1) is 0 Å². The van der Waals surface area contributed by atoms with Crippen LogP contribution in [0.1, 0.15) is 41.0 Å². The summed E-state index contributed by atoms with van der Waals surface area (Å²) in [6, 6.07) is 33.3. The van der Waals surface area contributed by atoms with Gasteiger partial charge >= 0.3 is 0 Å². The van der Waals surface area contributed by atoms with Crippen molar-refractivity contribution in [3.8, 4) is 5.75 Å². The standard InChI is InChI=1S/C44H37NO6/c1-2-27-17-19-30(20-18-27)45-42(49)33-22-21-31-35(39(33)43(45)50)25-36-41(48)34(28-11-5-3-6-12-28)26-38(47)44(36,29-13-7-4-8-14-29)40(31)32-15-9-10-16-37(32)51-24-23-46/h2-21,26,33,35-36,39-40,46H,1,22-25H2. The minimum atomic E-state index is -1.36. The lowest BCUT2D eigenvalue weighted by atomic mass is 9.44. The van der Waals surface area contributed by atoms with Crippen LogP contribution in [0.25, 0.3) is 11.6 Å². The Labute approximate surface area is 296 Å². The number of amides is 2. The molecule has 0 spiro atoms. The highest BCUT2D eigenvalue weighted by Gasteiger charge is 2.66. The molecule has 0 aromatic heterocycles. The smallest absolute Gasteiger partial charge is 0.238 e. The molecule has 1 N–H and O–H groups in total. The van der Waals surface area contributed by atoms with Crippen LogP contribution >= 0.6 is 0 Å². The van der Waals surface area contributed by atoms with Gasteiger partial charge in [-0.2, -0.15) is 0 Å². The third kappa shape index (κ3) is 4.98. The van der Waals surface area contributed by atoms with Gasteiger partial charge in [-0.05, 0) is 59.7 Å². The van der Waals surface area contributed by atoms with Gasteiger partial charge in [-0.1, -0.05) is 115 Å². The van der Waals surface area contributed by atoms with E-state index >= 15 is 9.59 Å². The van der Waals surface area contributed by atoms with Gasteiger partial charge in [0.05, 0.1) is 29.5 Å². The number of aliphatic hydroxyl groups excluding tert-OH is 1. The number of carbonyl (C=O) groups excluding carboxylic acids is 4. The minimum Gasteiger partial charge on any atom is -0.491 e. The first-order valence-corrected chi connectivity index (χ1v) is 17.4. The van der Waals surface area contributed by atoms with E-state index in [9.17, 15) is 14.7 Å². The molecule has 7 nitrogen and oxygen atoms in total. The maximum atomic E-state index is 15.2. The number of Topliss-reactive ketones (excluding diaryl/α,β-unsaturated/α-hetero) is 1. The molecule has 8 rings (SSSR count). The Bertz CT molecular complexity index is 2120. The van der Waals surface area contributed by atoms with Crippen molar-refractivity contribution < 1.29 is 29.0 Å². The Kier molecular flexibility index (Phi) is 8.23. The lowest BCUT2D eigenvalue weighted by Gasteiger charge is -2.55. The average Bonchev–Trinajstić information content (AvgIpc) is 3.44. The number of allylic oxidation sites excluding steroid dienone is 4. The van der Waals surface area contributed by atoms with E-state index in [0.717, 1.165) is 11.1 Å². The molecule has 4 aromatic carbocycles. The molecule has 1 saturated heterocycles. The zero-order valence-corrected chi connectivity index (χ0v) is 28.0. The van der Waals surface area contributed by atoms with Gasteiger partial charge in [-0.25, -0.2) is 0 Å². The highest BCUT2D eigenvalue weighted by atomic mass is 16.5. The van der Waals surface area contributed by atoms with Crippen LogP contribution in [0.15, 0.2) is 133 Å². The molecule has 1 heterocycles. The maximum Gasteiger partial charge on any atom is 0.238 e. The Hall–Kier alpha value is -5.66. The number of anilines is 1. The summed E-state index contributed by atoms with van der Waals surface area (Å²) < 4.78 is 6.13. The van der Waals surface area contributed by atoms with Crippen LogP contribution in [0.5, 0.6) is 5.75 Å². The molecule has 2 amide bonds. The fourth-order valence-electron chi connectivity index (χ4n) is 9.24. The zero-order chi connectivity index (χ0) is 35.3. The highest BCUT2D eigenvalue weighted by molar-refractivity contribution is 6.32. The normalized spacial score (nSPS) is 26.8. The lowest BCUT2D eigenvalue weighted by molar-refractivity contribution is -0.135. The van der Waals surface area contributed by atoms with Crippen LogP contribution in [-0.4, -0.2) is 41.7 Å². The van der Waals surface area contributed by atoms with Gasteiger partial charge in [0.25, 0.3) is 0 Å². The minimum absolute atomic E-state index is 0.0379. The maximum absolute atomic E-state index is 15.2. The lowest BCUT2D eigenvalue weighted by Crippen LogP contribution is -2.58. The van der Waals surface area contributed by atoms with Gasteiger partial charge in [0.15, 0.2) is 11.6 Å². The van der Waals surface area contributed by atoms with E-state index in [1.807, 2.05) is 103 Å². The van der Waals surface area contributed by atoms with Gasteiger partial charge in [-0.3, -0.25) is 24.1 Å². The number of para-hydroxylation sites is 1. The van der Waals surface area contributed by atoms with Gasteiger partial charge in [0.1, 0.15) is 12.4 Å². The number of fused-ring (bicyclic) bond motifs is 4. The third-order valence-corrected chi connectivity index (χ3v) is 11.3. The third-order valence-electron chi connectivity index (χ3n) is 11.3. The summed E-state index contributed by atoms with van der Waals surface area (Å²) in [5.41, 5.74) is 3.27. The van der Waals surface area contributed by atoms with E-state index in [4.69, 9.17) is 4.74 Å². The fraction of sp³-hybridized carbons (Fsp3) is 0.227. The molecule has 254 valence electrons. The predicted molar refractivity (Wildman–Crippen MR) is 195 cm³/mol. The van der Waals surface area contributed by atoms with Gasteiger partial charge in [0.2, 0.25) is 11.8 Å². The highest BCUT2D eigenvalue weighted by Crippen LogP contribution is 2.64. The van der Waals surface area contributed by atoms with E-state index in [1.54, 1.807) is 18.2 Å². The van der Waals surface area contributed by atoms with Crippen LogP contribution < -0.4 is 9.64 Å².